The van der Waals surface area contributed by atoms with Crippen LogP contribution < -0.4 is 15.0 Å². The summed E-state index contributed by atoms with van der Waals surface area (Å²) in [5.74, 6) is 1.69. The Morgan fingerprint density at radius 3 is 2.29 bits per heavy atom. The Hall–Kier alpha value is -4.13. The van der Waals surface area contributed by atoms with Gasteiger partial charge in [-0.2, -0.15) is 4.98 Å². The molecular weight excluding hydrogens is 428 g/mol. The van der Waals surface area contributed by atoms with Gasteiger partial charge in [-0.15, -0.1) is 0 Å². The molecule has 0 aliphatic rings. The number of rotatable bonds is 9. The van der Waals surface area contributed by atoms with E-state index in [0.29, 0.717) is 18.1 Å². The minimum absolute atomic E-state index is 0.00275. The highest BCUT2D eigenvalue weighted by Crippen LogP contribution is 2.24. The summed E-state index contributed by atoms with van der Waals surface area (Å²) in [6.07, 6.45) is 0.644. The van der Waals surface area contributed by atoms with Gasteiger partial charge in [0.15, 0.2) is 0 Å². The lowest BCUT2D eigenvalue weighted by Gasteiger charge is -2.27. The van der Waals surface area contributed by atoms with Gasteiger partial charge in [0.1, 0.15) is 5.75 Å². The number of nitrogens with one attached hydrogen (secondary N) is 1. The second-order valence-electron chi connectivity index (χ2n) is 8.14. The van der Waals surface area contributed by atoms with Crippen molar-refractivity contribution in [3.8, 4) is 17.1 Å². The standard InChI is InChI=1S/C27H28N4O3/c1-19(2)31(23-13-11-22(12-14-23)28-21-7-5-4-6-8-21)26(32)18-17-25-29-27(30-34-25)20-9-15-24(33-3)16-10-20/h4-16,19,28H,17-18H2,1-3H3. The molecule has 0 fully saturated rings. The normalized spacial score (nSPS) is 10.8. The molecule has 0 radical (unpaired) electrons. The molecule has 7 nitrogen and oxygen atoms in total. The van der Waals surface area contributed by atoms with Crippen molar-refractivity contribution in [3.05, 3.63) is 84.8 Å². The van der Waals surface area contributed by atoms with Crippen LogP contribution in [0, 0.1) is 0 Å². The molecule has 3 aromatic carbocycles. The maximum atomic E-state index is 13.1. The smallest absolute Gasteiger partial charge is 0.227 e. The molecule has 0 atom stereocenters. The Bertz CT molecular complexity index is 1200. The number of aromatic nitrogens is 2. The Labute approximate surface area is 199 Å². The first-order valence-corrected chi connectivity index (χ1v) is 11.2. The number of benzene rings is 3. The lowest BCUT2D eigenvalue weighted by molar-refractivity contribution is -0.119. The number of carbonyl (C=O) groups is 1. The van der Waals surface area contributed by atoms with E-state index < -0.39 is 0 Å². The predicted molar refractivity (Wildman–Crippen MR) is 133 cm³/mol. The zero-order valence-electron chi connectivity index (χ0n) is 19.6. The average molecular weight is 457 g/mol. The van der Waals surface area contributed by atoms with Crippen LogP contribution in [0.5, 0.6) is 5.75 Å². The summed E-state index contributed by atoms with van der Waals surface area (Å²) in [6.45, 7) is 4.00. The molecule has 1 aromatic heterocycles. The molecule has 0 aliphatic heterocycles. The number of hydrogen-bond donors (Lipinski definition) is 1. The molecule has 0 saturated carbocycles. The lowest BCUT2D eigenvalue weighted by Crippen LogP contribution is -2.37. The van der Waals surface area contributed by atoms with Crippen LogP contribution in [0.1, 0.15) is 26.2 Å². The number of anilines is 3. The third-order valence-electron chi connectivity index (χ3n) is 5.36. The third-order valence-corrected chi connectivity index (χ3v) is 5.36. The molecular formula is C27H28N4O3. The SMILES string of the molecule is COc1ccc(-c2noc(CCC(=O)N(c3ccc(Nc4ccccc4)cc3)C(C)C)n2)cc1. The van der Waals surface area contributed by atoms with E-state index in [4.69, 9.17) is 9.26 Å². The molecule has 4 rings (SSSR count). The van der Waals surface area contributed by atoms with Gasteiger partial charge >= 0.3 is 0 Å². The molecule has 7 heteroatoms. The lowest BCUT2D eigenvalue weighted by atomic mass is 10.1. The minimum atomic E-state index is 0.00275. The van der Waals surface area contributed by atoms with E-state index in [-0.39, 0.29) is 18.4 Å². The van der Waals surface area contributed by atoms with Gasteiger partial charge in [0.2, 0.25) is 17.6 Å². The fraction of sp³-hybridized carbons (Fsp3) is 0.222. The summed E-state index contributed by atoms with van der Waals surface area (Å²) in [4.78, 5) is 19.3. The van der Waals surface area contributed by atoms with Crippen molar-refractivity contribution in [1.82, 2.24) is 10.1 Å². The zero-order chi connectivity index (χ0) is 23.9. The van der Waals surface area contributed by atoms with Gasteiger partial charge < -0.3 is 19.5 Å². The summed E-state index contributed by atoms with van der Waals surface area (Å²) in [6, 6.07) is 25.3. The van der Waals surface area contributed by atoms with Crippen molar-refractivity contribution in [2.75, 3.05) is 17.3 Å². The minimum Gasteiger partial charge on any atom is -0.497 e. The average Bonchev–Trinajstić information content (AvgIpc) is 3.34. The highest BCUT2D eigenvalue weighted by molar-refractivity contribution is 5.94. The molecule has 0 aliphatic carbocycles. The molecule has 0 unspecified atom stereocenters. The summed E-state index contributed by atoms with van der Waals surface area (Å²) < 4.78 is 10.5. The van der Waals surface area contributed by atoms with E-state index in [2.05, 4.69) is 15.5 Å². The van der Waals surface area contributed by atoms with E-state index in [0.717, 1.165) is 28.4 Å². The van der Waals surface area contributed by atoms with Crippen LogP contribution >= 0.6 is 0 Å². The number of aryl methyl sites for hydroxylation is 1. The fourth-order valence-corrected chi connectivity index (χ4v) is 3.67. The van der Waals surface area contributed by atoms with Crippen LogP contribution in [0.3, 0.4) is 0 Å². The first kappa shape index (κ1) is 23.0. The molecule has 0 bridgehead atoms. The van der Waals surface area contributed by atoms with E-state index in [1.54, 1.807) is 12.0 Å². The van der Waals surface area contributed by atoms with Gasteiger partial charge in [-0.25, -0.2) is 0 Å². The molecule has 0 saturated heterocycles. The van der Waals surface area contributed by atoms with E-state index in [9.17, 15) is 4.79 Å². The number of hydrogen-bond acceptors (Lipinski definition) is 6. The van der Waals surface area contributed by atoms with Gasteiger partial charge in [-0.05, 0) is 74.5 Å². The number of carbonyl (C=O) groups excluding carboxylic acids is 1. The van der Waals surface area contributed by atoms with Gasteiger partial charge in [-0.3, -0.25) is 4.79 Å². The topological polar surface area (TPSA) is 80.5 Å². The number of methoxy groups -OCH3 is 1. The first-order valence-electron chi connectivity index (χ1n) is 11.2. The zero-order valence-corrected chi connectivity index (χ0v) is 19.6. The van der Waals surface area contributed by atoms with Crippen molar-refractivity contribution in [3.63, 3.8) is 0 Å². The molecule has 174 valence electrons. The monoisotopic (exact) mass is 456 g/mol. The number of ether oxygens (including phenoxy) is 1. The van der Waals surface area contributed by atoms with Gasteiger partial charge in [0.05, 0.1) is 7.11 Å². The van der Waals surface area contributed by atoms with Gasteiger partial charge in [0.25, 0.3) is 0 Å². The first-order chi connectivity index (χ1) is 16.5. The van der Waals surface area contributed by atoms with Crippen molar-refractivity contribution < 1.29 is 14.1 Å². The molecule has 1 N–H and O–H groups in total. The van der Waals surface area contributed by atoms with Crippen LogP contribution in [-0.2, 0) is 11.2 Å². The van der Waals surface area contributed by atoms with E-state index in [1.807, 2.05) is 92.7 Å². The number of para-hydroxylation sites is 1. The van der Waals surface area contributed by atoms with Crippen molar-refractivity contribution in [2.45, 2.75) is 32.7 Å². The maximum absolute atomic E-state index is 13.1. The number of nitrogens with zero attached hydrogens (tertiary/aromatic N) is 3. The number of amides is 1. The van der Waals surface area contributed by atoms with Crippen LogP contribution in [0.2, 0.25) is 0 Å². The summed E-state index contributed by atoms with van der Waals surface area (Å²) in [5.41, 5.74) is 3.65. The van der Waals surface area contributed by atoms with Crippen LogP contribution in [0.15, 0.2) is 83.4 Å². The highest BCUT2D eigenvalue weighted by atomic mass is 16.5. The Morgan fingerprint density at radius 1 is 0.971 bits per heavy atom. The van der Waals surface area contributed by atoms with Crippen LogP contribution in [0.25, 0.3) is 11.4 Å². The van der Waals surface area contributed by atoms with Gasteiger partial charge in [0, 0.05) is 41.5 Å². The van der Waals surface area contributed by atoms with Crippen molar-refractivity contribution >= 4 is 23.0 Å². The van der Waals surface area contributed by atoms with Crippen molar-refractivity contribution in [2.24, 2.45) is 0 Å². The second-order valence-corrected chi connectivity index (χ2v) is 8.14. The van der Waals surface area contributed by atoms with Crippen LogP contribution in [-0.4, -0.2) is 29.2 Å². The van der Waals surface area contributed by atoms with E-state index >= 15 is 0 Å². The largest absolute Gasteiger partial charge is 0.497 e. The maximum Gasteiger partial charge on any atom is 0.227 e. The summed E-state index contributed by atoms with van der Waals surface area (Å²) >= 11 is 0. The second kappa shape index (κ2) is 10.7. The quantitative estimate of drug-likeness (QED) is 0.340. The highest BCUT2D eigenvalue weighted by Gasteiger charge is 2.20. The molecule has 4 aromatic rings. The summed E-state index contributed by atoms with van der Waals surface area (Å²) in [5, 5.41) is 7.40. The van der Waals surface area contributed by atoms with Crippen LogP contribution in [0.4, 0.5) is 17.1 Å². The van der Waals surface area contributed by atoms with E-state index in [1.165, 1.54) is 0 Å². The van der Waals surface area contributed by atoms with Crippen molar-refractivity contribution in [1.29, 1.82) is 0 Å². The molecule has 1 amide bonds. The van der Waals surface area contributed by atoms with Gasteiger partial charge in [-0.1, -0.05) is 23.4 Å². The predicted octanol–water partition coefficient (Wildman–Crippen LogP) is 5.86. The molecule has 34 heavy (non-hydrogen) atoms. The Kier molecular flexibility index (Phi) is 7.22. The fourth-order valence-electron chi connectivity index (χ4n) is 3.67. The molecule has 0 spiro atoms. The molecule has 1 heterocycles. The summed E-state index contributed by atoms with van der Waals surface area (Å²) in [7, 11) is 1.62. The Balaban J connectivity index is 1.39. The Morgan fingerprint density at radius 2 is 1.65 bits per heavy atom. The third kappa shape index (κ3) is 5.61.